The minimum atomic E-state index is -0.263. The number of hydrogen-bond acceptors (Lipinski definition) is 4. The molecule has 3 atom stereocenters. The van der Waals surface area contributed by atoms with Crippen LogP contribution in [0, 0.1) is 12.8 Å². The number of likely N-dealkylation sites (tertiary alicyclic amines) is 1. The maximum atomic E-state index is 13.4. The number of amides is 2. The molecule has 8 nitrogen and oxygen atoms in total. The third-order valence-corrected chi connectivity index (χ3v) is 11.1. The summed E-state index contributed by atoms with van der Waals surface area (Å²) in [6.07, 6.45) is 9.73. The van der Waals surface area contributed by atoms with Crippen molar-refractivity contribution in [2.45, 2.75) is 82.3 Å². The van der Waals surface area contributed by atoms with Crippen LogP contribution in [0.4, 0.5) is 0 Å². The van der Waals surface area contributed by atoms with Gasteiger partial charge in [-0.1, -0.05) is 49.4 Å². The van der Waals surface area contributed by atoms with Gasteiger partial charge in [-0.2, -0.15) is 0 Å². The molecule has 2 aromatic carbocycles. The number of piperidine rings is 2. The van der Waals surface area contributed by atoms with Gasteiger partial charge in [0.1, 0.15) is 11.5 Å². The molecule has 2 amide bonds. The first kappa shape index (κ1) is 29.8. The van der Waals surface area contributed by atoms with Crippen molar-refractivity contribution in [3.63, 3.8) is 0 Å². The highest BCUT2D eigenvalue weighted by Gasteiger charge is 2.44. The van der Waals surface area contributed by atoms with Crippen LogP contribution in [0.3, 0.4) is 0 Å². The highest BCUT2D eigenvalue weighted by atomic mass is 16.2. The Morgan fingerprint density at radius 1 is 0.956 bits per heavy atom. The predicted molar refractivity (Wildman–Crippen MR) is 177 cm³/mol. The molecule has 45 heavy (non-hydrogen) atoms. The van der Waals surface area contributed by atoms with Gasteiger partial charge in [-0.25, -0.2) is 4.98 Å². The summed E-state index contributed by atoms with van der Waals surface area (Å²) in [4.78, 5) is 38.5. The summed E-state index contributed by atoms with van der Waals surface area (Å²) in [6, 6.07) is 24.9. The lowest BCUT2D eigenvalue weighted by Gasteiger charge is -2.46. The highest BCUT2D eigenvalue weighted by Crippen LogP contribution is 2.45. The van der Waals surface area contributed by atoms with Crippen LogP contribution in [0.5, 0.6) is 0 Å². The van der Waals surface area contributed by atoms with Crippen molar-refractivity contribution in [3.8, 4) is 0 Å². The molecule has 3 saturated heterocycles. The molecule has 2 N–H and O–H groups in total. The van der Waals surface area contributed by atoms with E-state index in [2.05, 4.69) is 81.3 Å². The van der Waals surface area contributed by atoms with E-state index in [1.54, 1.807) is 18.3 Å². The molecule has 3 fully saturated rings. The standard InChI is InChI=1S/C37H46N6O2/c1-26(25-39-35(44)33-12-8-19-38-33)36(45)41-20-16-37(17-21-41,28-9-4-3-5-10-28)18-22-42-29-14-15-30(42)24-31(23-29)43-27(2)40-32-11-6-7-13-34(32)43/h3-13,19,26,29-31,38H,14-18,20-25H2,1-2H3,(H,39,44). The van der Waals surface area contributed by atoms with Gasteiger partial charge >= 0.3 is 0 Å². The van der Waals surface area contributed by atoms with E-state index in [1.165, 1.54) is 36.8 Å². The molecule has 3 aliphatic rings. The zero-order valence-corrected chi connectivity index (χ0v) is 26.6. The minimum Gasteiger partial charge on any atom is -0.357 e. The quantitative estimate of drug-likeness (QED) is 0.250. The lowest BCUT2D eigenvalue weighted by Crippen LogP contribution is -2.50. The SMILES string of the molecule is Cc1nc2ccccc2n1C1CC2CCC(C1)N2CCC1(c2ccccc2)CCN(C(=O)C(C)CNC(=O)c2ccc[nH]2)CC1. The molecule has 0 spiro atoms. The van der Waals surface area contributed by atoms with Crippen LogP contribution in [-0.4, -0.2) is 74.4 Å². The number of aryl methyl sites for hydroxylation is 1. The van der Waals surface area contributed by atoms with Crippen LogP contribution < -0.4 is 5.32 Å². The number of imidazole rings is 1. The third kappa shape index (κ3) is 5.81. The molecule has 4 aromatic rings. The number of aromatic amines is 1. The Bertz CT molecular complexity index is 1610. The van der Waals surface area contributed by atoms with E-state index < -0.39 is 0 Å². The van der Waals surface area contributed by atoms with Crippen molar-refractivity contribution in [3.05, 3.63) is 90.0 Å². The van der Waals surface area contributed by atoms with E-state index in [4.69, 9.17) is 4.98 Å². The van der Waals surface area contributed by atoms with Gasteiger partial charge in [-0.15, -0.1) is 0 Å². The Balaban J connectivity index is 0.996. The number of fused-ring (bicyclic) bond motifs is 3. The average Bonchev–Trinajstić information content (AvgIpc) is 3.79. The molecule has 0 saturated carbocycles. The molecular formula is C37H46N6O2. The third-order valence-electron chi connectivity index (χ3n) is 11.1. The number of nitrogens with one attached hydrogen (secondary N) is 2. The number of H-pyrrole nitrogens is 1. The summed E-state index contributed by atoms with van der Waals surface area (Å²) < 4.78 is 2.52. The molecule has 5 heterocycles. The van der Waals surface area contributed by atoms with Gasteiger partial charge in [0.25, 0.3) is 5.91 Å². The Morgan fingerprint density at radius 3 is 2.38 bits per heavy atom. The molecule has 0 radical (unpaired) electrons. The summed E-state index contributed by atoms with van der Waals surface area (Å²) in [5, 5.41) is 2.91. The number of para-hydroxylation sites is 2. The molecule has 7 rings (SSSR count). The van der Waals surface area contributed by atoms with E-state index in [1.807, 2.05) is 11.8 Å². The maximum Gasteiger partial charge on any atom is 0.267 e. The molecule has 0 aliphatic carbocycles. The van der Waals surface area contributed by atoms with Gasteiger partial charge in [0, 0.05) is 44.0 Å². The Hall–Kier alpha value is -3.91. The molecule has 3 unspecified atom stereocenters. The molecule has 3 aliphatic heterocycles. The van der Waals surface area contributed by atoms with Crippen molar-refractivity contribution < 1.29 is 9.59 Å². The van der Waals surface area contributed by atoms with Crippen molar-refractivity contribution in [1.29, 1.82) is 0 Å². The first-order valence-corrected chi connectivity index (χ1v) is 16.9. The second-order valence-corrected chi connectivity index (χ2v) is 13.7. The highest BCUT2D eigenvalue weighted by molar-refractivity contribution is 5.92. The van der Waals surface area contributed by atoms with Crippen LogP contribution >= 0.6 is 0 Å². The van der Waals surface area contributed by atoms with Crippen LogP contribution in [0.2, 0.25) is 0 Å². The molecule has 2 bridgehead atoms. The van der Waals surface area contributed by atoms with E-state index >= 15 is 0 Å². The van der Waals surface area contributed by atoms with E-state index in [0.29, 0.717) is 30.4 Å². The number of carbonyl (C=O) groups excluding carboxylic acids is 2. The zero-order valence-electron chi connectivity index (χ0n) is 26.6. The number of rotatable bonds is 9. The van der Waals surface area contributed by atoms with Gasteiger partial charge in [-0.3, -0.25) is 14.5 Å². The number of aromatic nitrogens is 3. The van der Waals surface area contributed by atoms with Crippen molar-refractivity contribution in [1.82, 2.24) is 29.7 Å². The summed E-state index contributed by atoms with van der Waals surface area (Å²) in [7, 11) is 0. The normalized spacial score (nSPS) is 23.7. The Labute approximate surface area is 266 Å². The summed E-state index contributed by atoms with van der Waals surface area (Å²) >= 11 is 0. The number of carbonyl (C=O) groups is 2. The van der Waals surface area contributed by atoms with Gasteiger partial charge < -0.3 is 19.8 Å². The molecule has 8 heteroatoms. The maximum absolute atomic E-state index is 13.4. The average molecular weight is 607 g/mol. The fraction of sp³-hybridized carbons (Fsp3) is 0.486. The van der Waals surface area contributed by atoms with Crippen molar-refractivity contribution in [2.24, 2.45) is 5.92 Å². The number of benzene rings is 2. The lowest BCUT2D eigenvalue weighted by molar-refractivity contribution is -0.136. The summed E-state index contributed by atoms with van der Waals surface area (Å²) in [5.41, 5.74) is 4.37. The molecule has 236 valence electrons. The van der Waals surface area contributed by atoms with Crippen LogP contribution in [-0.2, 0) is 10.2 Å². The summed E-state index contributed by atoms with van der Waals surface area (Å²) in [5.74, 6) is 0.829. The van der Waals surface area contributed by atoms with Gasteiger partial charge in [0.2, 0.25) is 5.91 Å². The van der Waals surface area contributed by atoms with Gasteiger partial charge in [0.05, 0.1) is 17.0 Å². The smallest absolute Gasteiger partial charge is 0.267 e. The summed E-state index contributed by atoms with van der Waals surface area (Å²) in [6.45, 7) is 7.04. The van der Waals surface area contributed by atoms with E-state index in [9.17, 15) is 9.59 Å². The first-order valence-electron chi connectivity index (χ1n) is 16.9. The second-order valence-electron chi connectivity index (χ2n) is 13.7. The first-order chi connectivity index (χ1) is 21.9. The molecule has 2 aromatic heterocycles. The van der Waals surface area contributed by atoms with Crippen molar-refractivity contribution >= 4 is 22.8 Å². The Kier molecular flexibility index (Phi) is 8.25. The predicted octanol–water partition coefficient (Wildman–Crippen LogP) is 5.86. The van der Waals surface area contributed by atoms with Crippen LogP contribution in [0.1, 0.15) is 79.8 Å². The van der Waals surface area contributed by atoms with Crippen LogP contribution in [0.15, 0.2) is 72.9 Å². The monoisotopic (exact) mass is 606 g/mol. The second kappa shape index (κ2) is 12.5. The molecular weight excluding hydrogens is 560 g/mol. The zero-order chi connectivity index (χ0) is 31.0. The topological polar surface area (TPSA) is 86.3 Å². The number of nitrogens with zero attached hydrogens (tertiary/aromatic N) is 4. The largest absolute Gasteiger partial charge is 0.357 e. The van der Waals surface area contributed by atoms with E-state index in [0.717, 1.165) is 50.2 Å². The fourth-order valence-electron chi connectivity index (χ4n) is 8.63. The lowest BCUT2D eigenvalue weighted by atomic mass is 9.70. The van der Waals surface area contributed by atoms with Crippen LogP contribution in [0.25, 0.3) is 11.0 Å². The number of hydrogen-bond donors (Lipinski definition) is 2. The van der Waals surface area contributed by atoms with Crippen molar-refractivity contribution in [2.75, 3.05) is 26.2 Å². The fourth-order valence-corrected chi connectivity index (χ4v) is 8.63. The minimum absolute atomic E-state index is 0.0660. The Morgan fingerprint density at radius 2 is 1.67 bits per heavy atom. The van der Waals surface area contributed by atoms with Gasteiger partial charge in [0.15, 0.2) is 0 Å². The van der Waals surface area contributed by atoms with Gasteiger partial charge in [-0.05, 0) is 93.7 Å². The van der Waals surface area contributed by atoms with E-state index in [-0.39, 0.29) is 23.1 Å².